The molecule has 0 bridgehead atoms. The van der Waals surface area contributed by atoms with Crippen LogP contribution in [0.4, 0.5) is 0 Å². The SMILES string of the molecule is CC(C)(Cc1ccc2c(c1)CCCCC2=O)C(=O)O. The zero-order valence-corrected chi connectivity index (χ0v) is 11.5. The lowest BCUT2D eigenvalue weighted by molar-refractivity contribution is -0.146. The van der Waals surface area contributed by atoms with E-state index < -0.39 is 11.4 Å². The highest BCUT2D eigenvalue weighted by molar-refractivity contribution is 5.97. The summed E-state index contributed by atoms with van der Waals surface area (Å²) >= 11 is 0. The van der Waals surface area contributed by atoms with Crippen molar-refractivity contribution in [3.05, 3.63) is 34.9 Å². The second-order valence-electron chi connectivity index (χ2n) is 5.99. The van der Waals surface area contributed by atoms with Crippen molar-refractivity contribution in [3.63, 3.8) is 0 Å². The van der Waals surface area contributed by atoms with Crippen molar-refractivity contribution in [1.29, 1.82) is 0 Å². The van der Waals surface area contributed by atoms with Gasteiger partial charge in [0.2, 0.25) is 0 Å². The van der Waals surface area contributed by atoms with Crippen LogP contribution in [0.1, 0.15) is 54.6 Å². The lowest BCUT2D eigenvalue weighted by Crippen LogP contribution is -2.26. The molecule has 0 aromatic heterocycles. The van der Waals surface area contributed by atoms with Gasteiger partial charge >= 0.3 is 5.97 Å². The van der Waals surface area contributed by atoms with E-state index in [1.165, 1.54) is 0 Å². The third-order valence-electron chi connectivity index (χ3n) is 3.80. The number of carbonyl (C=O) groups excluding carboxylic acids is 1. The molecule has 0 heterocycles. The highest BCUT2D eigenvalue weighted by Crippen LogP contribution is 2.26. The van der Waals surface area contributed by atoms with Crippen LogP contribution in [0.3, 0.4) is 0 Å². The van der Waals surface area contributed by atoms with Gasteiger partial charge in [-0.1, -0.05) is 18.2 Å². The molecule has 0 amide bonds. The number of benzene rings is 1. The number of carboxylic acids is 1. The van der Waals surface area contributed by atoms with Crippen LogP contribution < -0.4 is 0 Å². The molecule has 102 valence electrons. The number of Topliss-reactive ketones (excluding diaryl/α,β-unsaturated/α-hetero) is 1. The largest absolute Gasteiger partial charge is 0.481 e. The molecule has 0 saturated heterocycles. The Kier molecular flexibility index (Phi) is 3.74. The molecular weight excluding hydrogens is 240 g/mol. The number of carboxylic acid groups (broad SMARTS) is 1. The second kappa shape index (κ2) is 5.16. The highest BCUT2D eigenvalue weighted by Gasteiger charge is 2.27. The van der Waals surface area contributed by atoms with E-state index in [1.54, 1.807) is 13.8 Å². The van der Waals surface area contributed by atoms with Crippen molar-refractivity contribution in [3.8, 4) is 0 Å². The first-order chi connectivity index (χ1) is 8.90. The number of carbonyl (C=O) groups is 2. The van der Waals surface area contributed by atoms with E-state index >= 15 is 0 Å². The van der Waals surface area contributed by atoms with Crippen LogP contribution in [-0.4, -0.2) is 16.9 Å². The monoisotopic (exact) mass is 260 g/mol. The quantitative estimate of drug-likeness (QED) is 0.849. The van der Waals surface area contributed by atoms with Crippen molar-refractivity contribution in [1.82, 2.24) is 0 Å². The summed E-state index contributed by atoms with van der Waals surface area (Å²) in [7, 11) is 0. The van der Waals surface area contributed by atoms with Crippen molar-refractivity contribution >= 4 is 11.8 Å². The van der Waals surface area contributed by atoms with Gasteiger partial charge in [-0.25, -0.2) is 0 Å². The lowest BCUT2D eigenvalue weighted by Gasteiger charge is -2.19. The summed E-state index contributed by atoms with van der Waals surface area (Å²) in [6.07, 6.45) is 4.02. The number of hydrogen-bond donors (Lipinski definition) is 1. The van der Waals surface area contributed by atoms with Gasteiger partial charge in [0.05, 0.1) is 5.41 Å². The molecule has 0 saturated carbocycles. The van der Waals surface area contributed by atoms with E-state index in [9.17, 15) is 14.7 Å². The Bertz CT molecular complexity index is 515. The minimum absolute atomic E-state index is 0.219. The first-order valence-electron chi connectivity index (χ1n) is 6.78. The second-order valence-corrected chi connectivity index (χ2v) is 5.99. The van der Waals surface area contributed by atoms with Gasteiger partial charge in [-0.3, -0.25) is 9.59 Å². The number of rotatable bonds is 3. The van der Waals surface area contributed by atoms with Crippen LogP contribution in [0.2, 0.25) is 0 Å². The summed E-state index contributed by atoms with van der Waals surface area (Å²) < 4.78 is 0. The molecule has 1 N–H and O–H groups in total. The molecule has 0 fully saturated rings. The van der Waals surface area contributed by atoms with Crippen LogP contribution in [0.25, 0.3) is 0 Å². The van der Waals surface area contributed by atoms with E-state index in [0.29, 0.717) is 12.8 Å². The number of ketones is 1. The minimum atomic E-state index is -0.793. The molecule has 0 radical (unpaired) electrons. The molecule has 0 spiro atoms. The van der Waals surface area contributed by atoms with Crippen molar-refractivity contribution < 1.29 is 14.7 Å². The third-order valence-corrected chi connectivity index (χ3v) is 3.80. The van der Waals surface area contributed by atoms with Gasteiger partial charge in [-0.15, -0.1) is 0 Å². The molecule has 1 aliphatic carbocycles. The van der Waals surface area contributed by atoms with Crippen molar-refractivity contribution in [2.45, 2.75) is 46.0 Å². The van der Waals surface area contributed by atoms with Crippen LogP contribution in [0, 0.1) is 5.41 Å². The Morgan fingerprint density at radius 2 is 1.95 bits per heavy atom. The van der Waals surface area contributed by atoms with Crippen LogP contribution in [-0.2, 0) is 17.6 Å². The number of aliphatic carboxylic acids is 1. The molecule has 0 aliphatic heterocycles. The van der Waals surface area contributed by atoms with E-state index in [0.717, 1.165) is 36.0 Å². The molecule has 0 unspecified atom stereocenters. The Morgan fingerprint density at radius 3 is 2.63 bits per heavy atom. The van der Waals surface area contributed by atoms with Crippen LogP contribution in [0.15, 0.2) is 18.2 Å². The molecule has 3 nitrogen and oxygen atoms in total. The Balaban J connectivity index is 2.28. The lowest BCUT2D eigenvalue weighted by atomic mass is 9.84. The van der Waals surface area contributed by atoms with Gasteiger partial charge < -0.3 is 5.11 Å². The summed E-state index contributed by atoms with van der Waals surface area (Å²) in [5.41, 5.74) is 2.14. The molecule has 1 aromatic rings. The maximum absolute atomic E-state index is 11.9. The minimum Gasteiger partial charge on any atom is -0.481 e. The topological polar surface area (TPSA) is 54.4 Å². The summed E-state index contributed by atoms with van der Waals surface area (Å²) in [6.45, 7) is 3.46. The van der Waals surface area contributed by atoms with Gasteiger partial charge in [0.15, 0.2) is 5.78 Å². The average molecular weight is 260 g/mol. The molecule has 0 atom stereocenters. The number of hydrogen-bond acceptors (Lipinski definition) is 2. The zero-order chi connectivity index (χ0) is 14.0. The molecule has 19 heavy (non-hydrogen) atoms. The van der Waals surface area contributed by atoms with E-state index in [2.05, 4.69) is 0 Å². The maximum Gasteiger partial charge on any atom is 0.309 e. The summed E-state index contributed by atoms with van der Waals surface area (Å²) in [6, 6.07) is 5.78. The summed E-state index contributed by atoms with van der Waals surface area (Å²) in [5.74, 6) is -0.574. The molecule has 3 heteroatoms. The summed E-state index contributed by atoms with van der Waals surface area (Å²) in [4.78, 5) is 23.1. The molecular formula is C16H20O3. The maximum atomic E-state index is 11.9. The van der Waals surface area contributed by atoms with Crippen molar-refractivity contribution in [2.75, 3.05) is 0 Å². The molecule has 2 rings (SSSR count). The Labute approximate surface area is 113 Å². The van der Waals surface area contributed by atoms with E-state index in [-0.39, 0.29) is 5.78 Å². The van der Waals surface area contributed by atoms with Gasteiger partial charge in [-0.2, -0.15) is 0 Å². The average Bonchev–Trinajstić information content (AvgIpc) is 2.50. The van der Waals surface area contributed by atoms with Gasteiger partial charge in [0.25, 0.3) is 0 Å². The van der Waals surface area contributed by atoms with Gasteiger partial charge in [-0.05, 0) is 50.7 Å². The first kappa shape index (κ1) is 13.8. The predicted octanol–water partition coefficient (Wildman–Crippen LogP) is 3.25. The smallest absolute Gasteiger partial charge is 0.309 e. The van der Waals surface area contributed by atoms with Crippen LogP contribution in [0.5, 0.6) is 0 Å². The fourth-order valence-electron chi connectivity index (χ4n) is 2.56. The van der Waals surface area contributed by atoms with E-state index in [1.807, 2.05) is 18.2 Å². The Hall–Kier alpha value is -1.64. The summed E-state index contributed by atoms with van der Waals surface area (Å²) in [5, 5.41) is 9.17. The first-order valence-corrected chi connectivity index (χ1v) is 6.78. The normalized spacial score (nSPS) is 15.8. The number of fused-ring (bicyclic) bond motifs is 1. The fourth-order valence-corrected chi connectivity index (χ4v) is 2.56. The van der Waals surface area contributed by atoms with Crippen molar-refractivity contribution in [2.24, 2.45) is 5.41 Å². The highest BCUT2D eigenvalue weighted by atomic mass is 16.4. The Morgan fingerprint density at radius 1 is 1.26 bits per heavy atom. The van der Waals surface area contributed by atoms with E-state index in [4.69, 9.17) is 0 Å². The molecule has 1 aromatic carbocycles. The third kappa shape index (κ3) is 3.03. The standard InChI is InChI=1S/C16H20O3/c1-16(2,15(18)19)10-11-7-8-13-12(9-11)5-3-4-6-14(13)17/h7-9H,3-6,10H2,1-2H3,(H,18,19). The zero-order valence-electron chi connectivity index (χ0n) is 11.5. The van der Waals surface area contributed by atoms with Crippen LogP contribution >= 0.6 is 0 Å². The van der Waals surface area contributed by atoms with Gasteiger partial charge in [0.1, 0.15) is 0 Å². The fraction of sp³-hybridized carbons (Fsp3) is 0.500. The van der Waals surface area contributed by atoms with Gasteiger partial charge in [0, 0.05) is 12.0 Å². The molecule has 1 aliphatic rings. The predicted molar refractivity (Wildman–Crippen MR) is 73.4 cm³/mol. The number of aryl methyl sites for hydroxylation is 1.